The molecule has 0 saturated carbocycles. The Morgan fingerprint density at radius 1 is 1.38 bits per heavy atom. The number of hydrogen-bond acceptors (Lipinski definition) is 3. The lowest BCUT2D eigenvalue weighted by Crippen LogP contribution is -2.34. The van der Waals surface area contributed by atoms with Gasteiger partial charge in [-0.3, -0.25) is 9.59 Å². The molecule has 0 radical (unpaired) electrons. The van der Waals surface area contributed by atoms with Crippen LogP contribution in [0.15, 0.2) is 17.5 Å². The predicted molar refractivity (Wildman–Crippen MR) is 63.2 cm³/mol. The molecule has 3 nitrogen and oxygen atoms in total. The number of amides is 1. The highest BCUT2D eigenvalue weighted by Gasteiger charge is 2.36. The van der Waals surface area contributed by atoms with Crippen molar-refractivity contribution in [3.05, 3.63) is 22.4 Å². The minimum Gasteiger partial charge on any atom is -0.328 e. The number of carbonyl (C=O) groups excluding carboxylic acids is 2. The molecule has 1 aliphatic heterocycles. The molecule has 1 atom stereocenters. The summed E-state index contributed by atoms with van der Waals surface area (Å²) in [6.07, 6.45) is 0.368. The van der Waals surface area contributed by atoms with Crippen molar-refractivity contribution in [2.24, 2.45) is 5.92 Å². The quantitative estimate of drug-likeness (QED) is 0.756. The Bertz CT molecular complexity index is 397. The average molecular weight is 237 g/mol. The highest BCUT2D eigenvalue weighted by Crippen LogP contribution is 2.33. The molecular weight excluding hydrogens is 222 g/mol. The van der Waals surface area contributed by atoms with Gasteiger partial charge in [0, 0.05) is 17.8 Å². The summed E-state index contributed by atoms with van der Waals surface area (Å²) in [5.74, 6) is -0.234. The van der Waals surface area contributed by atoms with Gasteiger partial charge in [-0.2, -0.15) is 0 Å². The van der Waals surface area contributed by atoms with Gasteiger partial charge >= 0.3 is 0 Å². The van der Waals surface area contributed by atoms with Crippen LogP contribution >= 0.6 is 11.3 Å². The molecule has 1 fully saturated rings. The molecule has 4 heteroatoms. The van der Waals surface area contributed by atoms with E-state index >= 15 is 0 Å². The highest BCUT2D eigenvalue weighted by molar-refractivity contribution is 7.10. The molecular formula is C12H15NO2S. The van der Waals surface area contributed by atoms with E-state index in [1.807, 2.05) is 17.5 Å². The molecule has 1 unspecified atom stereocenters. The van der Waals surface area contributed by atoms with Crippen molar-refractivity contribution < 1.29 is 9.59 Å². The molecule has 1 aromatic heterocycles. The number of nitrogens with zero attached hydrogens (tertiary/aromatic N) is 1. The number of thiophene rings is 1. The molecule has 2 rings (SSSR count). The third-order valence-electron chi connectivity index (χ3n) is 2.88. The van der Waals surface area contributed by atoms with E-state index in [2.05, 4.69) is 13.8 Å². The first-order valence-corrected chi connectivity index (χ1v) is 6.36. The van der Waals surface area contributed by atoms with E-state index in [0.717, 1.165) is 4.88 Å². The fraction of sp³-hybridized carbons (Fsp3) is 0.500. The van der Waals surface area contributed by atoms with Crippen LogP contribution < -0.4 is 0 Å². The number of hydrogen-bond donors (Lipinski definition) is 0. The van der Waals surface area contributed by atoms with E-state index in [1.165, 1.54) is 0 Å². The summed E-state index contributed by atoms with van der Waals surface area (Å²) < 4.78 is 0. The van der Waals surface area contributed by atoms with Crippen molar-refractivity contribution in [2.75, 3.05) is 6.54 Å². The fourth-order valence-corrected chi connectivity index (χ4v) is 3.17. The summed E-state index contributed by atoms with van der Waals surface area (Å²) in [6.45, 7) is 4.74. The van der Waals surface area contributed by atoms with E-state index < -0.39 is 0 Å². The van der Waals surface area contributed by atoms with Crippen molar-refractivity contribution >= 4 is 23.0 Å². The highest BCUT2D eigenvalue weighted by atomic mass is 32.1. The first-order chi connectivity index (χ1) is 7.61. The maximum Gasteiger partial charge on any atom is 0.290 e. The standard InChI is InChI=1S/C12H15NO2S/c1-8(2)11(10-4-3-7-16-10)13-6-5-9(14)12(13)15/h3-4,7-8,11H,5-6H2,1-2H3. The number of ketones is 1. The van der Waals surface area contributed by atoms with Gasteiger partial charge in [0.25, 0.3) is 5.91 Å². The molecule has 0 aliphatic carbocycles. The topological polar surface area (TPSA) is 37.4 Å². The molecule has 2 heterocycles. The normalized spacial score (nSPS) is 18.6. The minimum absolute atomic E-state index is 0.0546. The lowest BCUT2D eigenvalue weighted by molar-refractivity contribution is -0.141. The molecule has 0 bridgehead atoms. The Morgan fingerprint density at radius 2 is 2.12 bits per heavy atom. The van der Waals surface area contributed by atoms with E-state index in [9.17, 15) is 9.59 Å². The Hall–Kier alpha value is -1.16. The fourth-order valence-electron chi connectivity index (χ4n) is 2.16. The van der Waals surface area contributed by atoms with Crippen LogP contribution in [0.25, 0.3) is 0 Å². The van der Waals surface area contributed by atoms with Crippen LogP contribution in [0.4, 0.5) is 0 Å². The Labute approximate surface area is 99.1 Å². The van der Waals surface area contributed by atoms with Gasteiger partial charge in [-0.05, 0) is 17.4 Å². The van der Waals surface area contributed by atoms with E-state index in [1.54, 1.807) is 16.2 Å². The van der Waals surface area contributed by atoms with Crippen molar-refractivity contribution in [2.45, 2.75) is 26.3 Å². The number of rotatable bonds is 3. The zero-order valence-corrected chi connectivity index (χ0v) is 10.3. The van der Waals surface area contributed by atoms with E-state index in [-0.39, 0.29) is 17.7 Å². The number of likely N-dealkylation sites (tertiary alicyclic amines) is 1. The summed E-state index contributed by atoms with van der Waals surface area (Å²) in [6, 6.07) is 4.07. The minimum atomic E-state index is -0.313. The largest absolute Gasteiger partial charge is 0.328 e. The molecule has 1 amide bonds. The van der Waals surface area contributed by atoms with Gasteiger partial charge in [-0.25, -0.2) is 0 Å². The molecule has 0 spiro atoms. The number of carbonyl (C=O) groups is 2. The van der Waals surface area contributed by atoms with Gasteiger partial charge in [0.1, 0.15) is 0 Å². The summed E-state index contributed by atoms with van der Waals surface area (Å²) >= 11 is 1.64. The molecule has 1 aliphatic rings. The van der Waals surface area contributed by atoms with Crippen LogP contribution in [-0.4, -0.2) is 23.1 Å². The van der Waals surface area contributed by atoms with Gasteiger partial charge < -0.3 is 4.90 Å². The Balaban J connectivity index is 2.28. The van der Waals surface area contributed by atoms with Crippen molar-refractivity contribution in [3.63, 3.8) is 0 Å². The molecule has 86 valence electrons. The first-order valence-electron chi connectivity index (χ1n) is 5.48. The Kier molecular flexibility index (Phi) is 3.10. The monoisotopic (exact) mass is 237 g/mol. The Morgan fingerprint density at radius 3 is 2.56 bits per heavy atom. The zero-order valence-electron chi connectivity index (χ0n) is 9.47. The molecule has 1 aromatic rings. The van der Waals surface area contributed by atoms with Gasteiger partial charge in [0.15, 0.2) is 0 Å². The van der Waals surface area contributed by atoms with E-state index in [4.69, 9.17) is 0 Å². The van der Waals surface area contributed by atoms with Crippen molar-refractivity contribution in [3.8, 4) is 0 Å². The van der Waals surface area contributed by atoms with Gasteiger partial charge in [0.2, 0.25) is 5.78 Å². The van der Waals surface area contributed by atoms with Crippen LogP contribution in [0, 0.1) is 5.92 Å². The second-order valence-electron chi connectivity index (χ2n) is 4.38. The maximum atomic E-state index is 11.7. The van der Waals surface area contributed by atoms with Crippen molar-refractivity contribution in [1.29, 1.82) is 0 Å². The summed E-state index contributed by atoms with van der Waals surface area (Å²) in [5.41, 5.74) is 0. The van der Waals surface area contributed by atoms with Crippen LogP contribution in [0.1, 0.15) is 31.2 Å². The van der Waals surface area contributed by atoms with Crippen LogP contribution in [0.2, 0.25) is 0 Å². The molecule has 0 aromatic carbocycles. The van der Waals surface area contributed by atoms with Crippen LogP contribution in [-0.2, 0) is 9.59 Å². The molecule has 16 heavy (non-hydrogen) atoms. The summed E-state index contributed by atoms with van der Waals surface area (Å²) in [7, 11) is 0. The SMILES string of the molecule is CC(C)C(c1cccs1)N1CCC(=O)C1=O. The van der Waals surface area contributed by atoms with E-state index in [0.29, 0.717) is 18.9 Å². The third kappa shape index (κ3) is 1.89. The second kappa shape index (κ2) is 4.37. The molecule has 0 N–H and O–H groups in total. The van der Waals surface area contributed by atoms with Crippen LogP contribution in [0.3, 0.4) is 0 Å². The predicted octanol–water partition coefficient (Wildman–Crippen LogP) is 2.25. The average Bonchev–Trinajstić information content (AvgIpc) is 2.83. The second-order valence-corrected chi connectivity index (χ2v) is 5.36. The zero-order chi connectivity index (χ0) is 11.7. The van der Waals surface area contributed by atoms with Crippen LogP contribution in [0.5, 0.6) is 0 Å². The third-order valence-corrected chi connectivity index (χ3v) is 3.82. The van der Waals surface area contributed by atoms with Gasteiger partial charge in [-0.1, -0.05) is 19.9 Å². The van der Waals surface area contributed by atoms with Gasteiger partial charge in [-0.15, -0.1) is 11.3 Å². The number of Topliss-reactive ketones (excluding diaryl/α,β-unsaturated/α-hetero) is 1. The smallest absolute Gasteiger partial charge is 0.290 e. The summed E-state index contributed by atoms with van der Waals surface area (Å²) in [5, 5.41) is 2.01. The maximum absolute atomic E-state index is 11.7. The van der Waals surface area contributed by atoms with Gasteiger partial charge in [0.05, 0.1) is 6.04 Å². The lowest BCUT2D eigenvalue weighted by Gasteiger charge is -2.29. The summed E-state index contributed by atoms with van der Waals surface area (Å²) in [4.78, 5) is 25.9. The van der Waals surface area contributed by atoms with Crippen molar-refractivity contribution in [1.82, 2.24) is 4.90 Å². The molecule has 1 saturated heterocycles. The first kappa shape index (κ1) is 11.3. The lowest BCUT2D eigenvalue weighted by atomic mass is 10.0.